The van der Waals surface area contributed by atoms with E-state index >= 15 is 0 Å². The van der Waals surface area contributed by atoms with Gasteiger partial charge in [-0.3, -0.25) is 4.79 Å². The summed E-state index contributed by atoms with van der Waals surface area (Å²) in [5.74, 6) is -0.473. The maximum absolute atomic E-state index is 12.1. The Balaban J connectivity index is 3.00. The SMILES string of the molecule is CCC(COC)NC(=O)c1nc(Cl)c(Cl)c(N)c1Cl. The van der Waals surface area contributed by atoms with Crippen LogP contribution in [0.2, 0.25) is 15.2 Å². The van der Waals surface area contributed by atoms with Crippen LogP contribution in [0.5, 0.6) is 0 Å². The molecule has 106 valence electrons. The number of carbonyl (C=O) groups excluding carboxylic acids is 1. The largest absolute Gasteiger partial charge is 0.396 e. The maximum Gasteiger partial charge on any atom is 0.271 e. The third kappa shape index (κ3) is 3.86. The van der Waals surface area contributed by atoms with Gasteiger partial charge < -0.3 is 15.8 Å². The Morgan fingerprint density at radius 3 is 2.58 bits per heavy atom. The Labute approximate surface area is 126 Å². The Bertz CT molecular complexity index is 483. The van der Waals surface area contributed by atoms with E-state index in [2.05, 4.69) is 10.3 Å². The van der Waals surface area contributed by atoms with Gasteiger partial charge in [0.15, 0.2) is 10.8 Å². The van der Waals surface area contributed by atoms with Gasteiger partial charge in [0.05, 0.1) is 23.4 Å². The molecular formula is C11H14Cl3N3O2. The number of methoxy groups -OCH3 is 1. The van der Waals surface area contributed by atoms with Crippen LogP contribution >= 0.6 is 34.8 Å². The molecule has 0 saturated carbocycles. The zero-order chi connectivity index (χ0) is 14.6. The standard InChI is InChI=1S/C11H14Cl3N3O2/c1-3-5(4-19-2)16-11(18)9-6(12)8(15)7(13)10(14)17-9/h5H,3-4H2,1-2H3,(H2,15,17)(H,16,18). The van der Waals surface area contributed by atoms with Crippen LogP contribution in [-0.2, 0) is 4.74 Å². The van der Waals surface area contributed by atoms with E-state index in [0.717, 1.165) is 0 Å². The highest BCUT2D eigenvalue weighted by atomic mass is 35.5. The number of aromatic nitrogens is 1. The van der Waals surface area contributed by atoms with E-state index in [1.54, 1.807) is 7.11 Å². The number of halogens is 3. The molecule has 0 spiro atoms. The highest BCUT2D eigenvalue weighted by Gasteiger charge is 2.21. The molecule has 1 aromatic heterocycles. The molecule has 0 saturated heterocycles. The van der Waals surface area contributed by atoms with Crippen LogP contribution in [0.4, 0.5) is 5.69 Å². The molecule has 1 rings (SSSR count). The van der Waals surface area contributed by atoms with Crippen molar-refractivity contribution in [2.45, 2.75) is 19.4 Å². The molecule has 1 aromatic rings. The lowest BCUT2D eigenvalue weighted by Gasteiger charge is -2.16. The zero-order valence-corrected chi connectivity index (χ0v) is 12.7. The number of amides is 1. The Kier molecular flexibility index (Phi) is 6.13. The van der Waals surface area contributed by atoms with Gasteiger partial charge in [0.1, 0.15) is 5.02 Å². The van der Waals surface area contributed by atoms with Crippen molar-refractivity contribution in [3.05, 3.63) is 20.9 Å². The van der Waals surface area contributed by atoms with Crippen molar-refractivity contribution in [2.24, 2.45) is 0 Å². The van der Waals surface area contributed by atoms with Crippen molar-refractivity contribution in [3.63, 3.8) is 0 Å². The van der Waals surface area contributed by atoms with Crippen molar-refractivity contribution in [1.82, 2.24) is 10.3 Å². The molecular weight excluding hydrogens is 312 g/mol. The quantitative estimate of drug-likeness (QED) is 0.816. The molecule has 1 atom stereocenters. The smallest absolute Gasteiger partial charge is 0.271 e. The number of nitrogen functional groups attached to an aromatic ring is 1. The van der Waals surface area contributed by atoms with Gasteiger partial charge in [0.2, 0.25) is 0 Å². The first-order chi connectivity index (χ1) is 8.92. The van der Waals surface area contributed by atoms with Gasteiger partial charge in [-0.25, -0.2) is 4.98 Å². The summed E-state index contributed by atoms with van der Waals surface area (Å²) in [4.78, 5) is 15.9. The van der Waals surface area contributed by atoms with Crippen LogP contribution < -0.4 is 11.1 Å². The van der Waals surface area contributed by atoms with Gasteiger partial charge in [-0.1, -0.05) is 41.7 Å². The van der Waals surface area contributed by atoms with Crippen molar-refractivity contribution in [2.75, 3.05) is 19.5 Å². The predicted octanol–water partition coefficient (Wildman–Crippen LogP) is 2.78. The summed E-state index contributed by atoms with van der Waals surface area (Å²) >= 11 is 17.5. The predicted molar refractivity (Wildman–Crippen MR) is 77.1 cm³/mol. The molecule has 5 nitrogen and oxygen atoms in total. The second-order valence-corrected chi connectivity index (χ2v) is 4.94. The van der Waals surface area contributed by atoms with E-state index in [4.69, 9.17) is 45.3 Å². The fraction of sp³-hybridized carbons (Fsp3) is 0.455. The normalized spacial score (nSPS) is 12.3. The summed E-state index contributed by atoms with van der Waals surface area (Å²) in [7, 11) is 1.55. The molecule has 0 radical (unpaired) electrons. The topological polar surface area (TPSA) is 77.2 Å². The van der Waals surface area contributed by atoms with Crippen molar-refractivity contribution < 1.29 is 9.53 Å². The number of hydrogen-bond acceptors (Lipinski definition) is 4. The first kappa shape index (κ1) is 16.3. The summed E-state index contributed by atoms with van der Waals surface area (Å²) in [5.41, 5.74) is 5.63. The van der Waals surface area contributed by atoms with E-state index in [1.165, 1.54) is 0 Å². The van der Waals surface area contributed by atoms with Gasteiger partial charge in [0, 0.05) is 7.11 Å². The lowest BCUT2D eigenvalue weighted by atomic mass is 10.2. The molecule has 8 heteroatoms. The molecule has 0 aliphatic rings. The number of ether oxygens (including phenoxy) is 1. The van der Waals surface area contributed by atoms with E-state index in [0.29, 0.717) is 13.0 Å². The molecule has 0 bridgehead atoms. The molecule has 1 heterocycles. The first-order valence-electron chi connectivity index (χ1n) is 5.52. The van der Waals surface area contributed by atoms with E-state index in [1.807, 2.05) is 6.92 Å². The van der Waals surface area contributed by atoms with Gasteiger partial charge in [0.25, 0.3) is 5.91 Å². The van der Waals surface area contributed by atoms with E-state index < -0.39 is 5.91 Å². The van der Waals surface area contributed by atoms with Crippen molar-refractivity contribution in [1.29, 1.82) is 0 Å². The molecule has 1 unspecified atom stereocenters. The summed E-state index contributed by atoms with van der Waals surface area (Å²) < 4.78 is 4.99. The number of pyridine rings is 1. The third-order valence-corrected chi connectivity index (χ3v) is 3.62. The number of nitrogens with two attached hydrogens (primary N) is 1. The van der Waals surface area contributed by atoms with Gasteiger partial charge in [-0.15, -0.1) is 0 Å². The number of rotatable bonds is 5. The maximum atomic E-state index is 12.1. The number of nitrogens with zero attached hydrogens (tertiary/aromatic N) is 1. The van der Waals surface area contributed by atoms with Crippen molar-refractivity contribution in [3.8, 4) is 0 Å². The fourth-order valence-corrected chi connectivity index (χ4v) is 1.99. The molecule has 0 aliphatic heterocycles. The minimum atomic E-state index is -0.473. The fourth-order valence-electron chi connectivity index (χ4n) is 1.40. The van der Waals surface area contributed by atoms with Crippen LogP contribution in [0.15, 0.2) is 0 Å². The van der Waals surface area contributed by atoms with Gasteiger partial charge in [-0.05, 0) is 6.42 Å². The third-order valence-electron chi connectivity index (χ3n) is 2.48. The highest BCUT2D eigenvalue weighted by Crippen LogP contribution is 2.34. The second-order valence-electron chi connectivity index (χ2n) is 3.83. The zero-order valence-electron chi connectivity index (χ0n) is 10.5. The molecule has 0 aromatic carbocycles. The summed E-state index contributed by atoms with van der Waals surface area (Å²) in [5, 5.41) is 2.69. The number of hydrogen-bond donors (Lipinski definition) is 2. The Morgan fingerprint density at radius 1 is 1.42 bits per heavy atom. The van der Waals surface area contributed by atoms with Crippen LogP contribution in [0.3, 0.4) is 0 Å². The molecule has 3 N–H and O–H groups in total. The van der Waals surface area contributed by atoms with Crippen LogP contribution in [-0.4, -0.2) is 30.6 Å². The van der Waals surface area contributed by atoms with Crippen LogP contribution in [0, 0.1) is 0 Å². The summed E-state index contributed by atoms with van der Waals surface area (Å²) in [6.07, 6.45) is 0.702. The molecule has 0 fully saturated rings. The summed E-state index contributed by atoms with van der Waals surface area (Å²) in [6, 6.07) is -0.147. The lowest BCUT2D eigenvalue weighted by Crippen LogP contribution is -2.38. The van der Waals surface area contributed by atoms with Crippen molar-refractivity contribution >= 4 is 46.4 Å². The first-order valence-corrected chi connectivity index (χ1v) is 6.65. The summed E-state index contributed by atoms with van der Waals surface area (Å²) in [6.45, 7) is 2.30. The number of anilines is 1. The lowest BCUT2D eigenvalue weighted by molar-refractivity contribution is 0.0890. The number of nitrogens with one attached hydrogen (secondary N) is 1. The minimum absolute atomic E-state index is 0.0147. The second kappa shape index (κ2) is 7.14. The Hall–Kier alpha value is -0.750. The molecule has 1 amide bonds. The monoisotopic (exact) mass is 325 g/mol. The van der Waals surface area contributed by atoms with E-state index in [9.17, 15) is 4.79 Å². The van der Waals surface area contributed by atoms with Gasteiger partial charge in [-0.2, -0.15) is 0 Å². The van der Waals surface area contributed by atoms with Crippen LogP contribution in [0.25, 0.3) is 0 Å². The Morgan fingerprint density at radius 2 is 2.05 bits per heavy atom. The average molecular weight is 327 g/mol. The van der Waals surface area contributed by atoms with E-state index in [-0.39, 0.29) is 32.6 Å². The minimum Gasteiger partial charge on any atom is -0.396 e. The van der Waals surface area contributed by atoms with Crippen LogP contribution in [0.1, 0.15) is 23.8 Å². The highest BCUT2D eigenvalue weighted by molar-refractivity contribution is 6.46. The molecule has 19 heavy (non-hydrogen) atoms. The average Bonchev–Trinajstić information content (AvgIpc) is 2.39. The van der Waals surface area contributed by atoms with Gasteiger partial charge >= 0.3 is 0 Å². The molecule has 0 aliphatic carbocycles. The number of carbonyl (C=O) groups is 1.